The van der Waals surface area contributed by atoms with Crippen LogP contribution in [0, 0.1) is 13.8 Å². The average Bonchev–Trinajstić information content (AvgIpc) is 3.03. The predicted molar refractivity (Wildman–Crippen MR) is 97.4 cm³/mol. The number of hydrogen-bond donors (Lipinski definition) is 2. The second kappa shape index (κ2) is 7.40. The number of thiazole rings is 1. The molecule has 0 aromatic carbocycles. The van der Waals surface area contributed by atoms with Crippen molar-refractivity contribution in [3.05, 3.63) is 68.7 Å². The van der Waals surface area contributed by atoms with Gasteiger partial charge < -0.3 is 10.3 Å². The van der Waals surface area contributed by atoms with Crippen molar-refractivity contribution in [1.82, 2.24) is 20.3 Å². The molecule has 128 valence electrons. The van der Waals surface area contributed by atoms with Gasteiger partial charge in [-0.1, -0.05) is 6.07 Å². The number of amides is 1. The third-order valence-corrected chi connectivity index (χ3v) is 4.65. The number of aryl methyl sites for hydroxylation is 2. The van der Waals surface area contributed by atoms with Crippen LogP contribution in [0.15, 0.2) is 40.6 Å². The minimum absolute atomic E-state index is 0.163. The van der Waals surface area contributed by atoms with Crippen molar-refractivity contribution in [3.63, 3.8) is 0 Å². The molecule has 0 unspecified atom stereocenters. The molecule has 0 fully saturated rings. The lowest BCUT2D eigenvalue weighted by molar-refractivity contribution is -0.120. The number of nitrogens with one attached hydrogen (secondary N) is 2. The van der Waals surface area contributed by atoms with Gasteiger partial charge in [0.25, 0.3) is 5.56 Å². The molecule has 0 spiro atoms. The zero-order valence-corrected chi connectivity index (χ0v) is 14.8. The first kappa shape index (κ1) is 17.0. The summed E-state index contributed by atoms with van der Waals surface area (Å²) in [6.07, 6.45) is 1.89. The second-order valence-corrected chi connectivity index (χ2v) is 6.61. The van der Waals surface area contributed by atoms with E-state index in [9.17, 15) is 9.59 Å². The number of H-pyrrole nitrogens is 1. The van der Waals surface area contributed by atoms with Crippen LogP contribution in [-0.2, 0) is 17.8 Å². The van der Waals surface area contributed by atoms with Gasteiger partial charge in [0, 0.05) is 29.4 Å². The molecule has 0 bridgehead atoms. The minimum atomic E-state index is -0.169. The molecule has 25 heavy (non-hydrogen) atoms. The van der Waals surface area contributed by atoms with Gasteiger partial charge >= 0.3 is 0 Å². The summed E-state index contributed by atoms with van der Waals surface area (Å²) in [5, 5.41) is 5.43. The first-order valence-corrected chi connectivity index (χ1v) is 8.73. The van der Waals surface area contributed by atoms with E-state index in [1.54, 1.807) is 6.20 Å². The molecule has 0 saturated carbocycles. The third-order valence-electron chi connectivity index (χ3n) is 3.73. The van der Waals surface area contributed by atoms with E-state index in [1.807, 2.05) is 43.5 Å². The van der Waals surface area contributed by atoms with E-state index in [-0.39, 0.29) is 24.4 Å². The van der Waals surface area contributed by atoms with E-state index in [2.05, 4.69) is 20.3 Å². The van der Waals surface area contributed by atoms with Gasteiger partial charge in [0.15, 0.2) is 0 Å². The van der Waals surface area contributed by atoms with E-state index in [4.69, 9.17) is 0 Å². The van der Waals surface area contributed by atoms with E-state index in [0.29, 0.717) is 11.3 Å². The highest BCUT2D eigenvalue weighted by Crippen LogP contribution is 2.21. The Hall–Kier alpha value is -2.80. The lowest BCUT2D eigenvalue weighted by Gasteiger charge is -2.07. The minimum Gasteiger partial charge on any atom is -0.351 e. The number of nitrogens with zero attached hydrogens (tertiary/aromatic N) is 2. The lowest BCUT2D eigenvalue weighted by atomic mass is 10.1. The summed E-state index contributed by atoms with van der Waals surface area (Å²) in [5.41, 5.74) is 3.57. The molecular weight excluding hydrogens is 336 g/mol. The molecule has 3 heterocycles. The van der Waals surface area contributed by atoms with Gasteiger partial charge in [-0.25, -0.2) is 4.98 Å². The maximum Gasteiger partial charge on any atom is 0.253 e. The number of carbonyl (C=O) groups is 1. The first-order valence-electron chi connectivity index (χ1n) is 7.85. The largest absolute Gasteiger partial charge is 0.351 e. The quantitative estimate of drug-likeness (QED) is 0.736. The van der Waals surface area contributed by atoms with Crippen LogP contribution in [-0.4, -0.2) is 20.9 Å². The summed E-state index contributed by atoms with van der Waals surface area (Å²) < 4.78 is 0. The first-order chi connectivity index (χ1) is 12.0. The van der Waals surface area contributed by atoms with Gasteiger partial charge in [-0.3, -0.25) is 14.6 Å². The van der Waals surface area contributed by atoms with Crippen molar-refractivity contribution < 1.29 is 4.79 Å². The molecule has 6 nitrogen and oxygen atoms in total. The van der Waals surface area contributed by atoms with Gasteiger partial charge in [-0.15, -0.1) is 11.3 Å². The molecule has 0 aliphatic heterocycles. The van der Waals surface area contributed by atoms with E-state index in [1.165, 1.54) is 11.3 Å². The summed E-state index contributed by atoms with van der Waals surface area (Å²) in [4.78, 5) is 35.6. The summed E-state index contributed by atoms with van der Waals surface area (Å²) >= 11 is 1.46. The Kier molecular flexibility index (Phi) is 5.04. The van der Waals surface area contributed by atoms with Crippen LogP contribution in [0.3, 0.4) is 0 Å². The zero-order valence-electron chi connectivity index (χ0n) is 14.0. The highest BCUT2D eigenvalue weighted by Gasteiger charge is 2.11. The molecule has 3 aromatic heterocycles. The maximum absolute atomic E-state index is 12.1. The molecule has 7 heteroatoms. The summed E-state index contributed by atoms with van der Waals surface area (Å²) in [7, 11) is 0. The second-order valence-electron chi connectivity index (χ2n) is 5.76. The maximum atomic E-state index is 12.1. The molecule has 0 radical (unpaired) electrons. The Balaban J connectivity index is 1.62. The summed E-state index contributed by atoms with van der Waals surface area (Å²) in [6.45, 7) is 3.90. The highest BCUT2D eigenvalue weighted by molar-refractivity contribution is 7.13. The molecule has 2 N–H and O–H groups in total. The fraction of sp³-hybridized carbons (Fsp3) is 0.222. The number of aromatic nitrogens is 3. The Bertz CT molecular complexity index is 947. The van der Waals surface area contributed by atoms with Crippen LogP contribution >= 0.6 is 11.3 Å². The standard InChI is InChI=1S/C18H18N4O2S/c1-11-7-12(2)21-17(24)14(11)9-20-16(23)8-13-10-25-18(22-13)15-5-3-4-6-19-15/h3-7,10H,8-9H2,1-2H3,(H,20,23)(H,21,24). The van der Waals surface area contributed by atoms with Gasteiger partial charge in [-0.2, -0.15) is 0 Å². The van der Waals surface area contributed by atoms with Gasteiger partial charge in [0.1, 0.15) is 5.01 Å². The normalized spacial score (nSPS) is 10.6. The van der Waals surface area contributed by atoms with Crippen molar-refractivity contribution in [3.8, 4) is 10.7 Å². The van der Waals surface area contributed by atoms with Crippen molar-refractivity contribution in [2.75, 3.05) is 0 Å². The summed E-state index contributed by atoms with van der Waals surface area (Å²) in [5.74, 6) is -0.169. The Labute approximate surface area is 149 Å². The predicted octanol–water partition coefficient (Wildman–Crippen LogP) is 2.37. The van der Waals surface area contributed by atoms with E-state index < -0.39 is 0 Å². The number of aromatic amines is 1. The van der Waals surface area contributed by atoms with Gasteiger partial charge in [0.05, 0.1) is 17.8 Å². The SMILES string of the molecule is Cc1cc(C)c(CNC(=O)Cc2csc(-c3ccccn3)n2)c(=O)[nH]1. The molecular formula is C18H18N4O2S. The van der Waals surface area contributed by atoms with E-state index in [0.717, 1.165) is 22.0 Å². The van der Waals surface area contributed by atoms with Crippen molar-refractivity contribution >= 4 is 17.2 Å². The molecule has 0 atom stereocenters. The molecule has 0 aliphatic carbocycles. The smallest absolute Gasteiger partial charge is 0.253 e. The number of carbonyl (C=O) groups excluding carboxylic acids is 1. The van der Waals surface area contributed by atoms with Crippen molar-refractivity contribution in [2.24, 2.45) is 0 Å². The van der Waals surface area contributed by atoms with Crippen molar-refractivity contribution in [2.45, 2.75) is 26.8 Å². The number of hydrogen-bond acceptors (Lipinski definition) is 5. The lowest BCUT2D eigenvalue weighted by Crippen LogP contribution is -2.29. The molecule has 0 saturated heterocycles. The average molecular weight is 354 g/mol. The molecule has 0 aliphatic rings. The Morgan fingerprint density at radius 3 is 2.88 bits per heavy atom. The van der Waals surface area contributed by atoms with Crippen LogP contribution in [0.5, 0.6) is 0 Å². The molecule has 3 rings (SSSR count). The van der Waals surface area contributed by atoms with Crippen LogP contribution in [0.1, 0.15) is 22.5 Å². The van der Waals surface area contributed by atoms with Gasteiger partial charge in [0.2, 0.25) is 5.91 Å². The van der Waals surface area contributed by atoms with Crippen LogP contribution in [0.4, 0.5) is 0 Å². The van der Waals surface area contributed by atoms with Gasteiger partial charge in [-0.05, 0) is 37.6 Å². The van der Waals surface area contributed by atoms with Crippen LogP contribution in [0.2, 0.25) is 0 Å². The zero-order chi connectivity index (χ0) is 17.8. The van der Waals surface area contributed by atoms with E-state index >= 15 is 0 Å². The Morgan fingerprint density at radius 1 is 1.32 bits per heavy atom. The summed E-state index contributed by atoms with van der Waals surface area (Å²) in [6, 6.07) is 7.52. The number of pyridine rings is 2. The van der Waals surface area contributed by atoms with Crippen LogP contribution < -0.4 is 10.9 Å². The topological polar surface area (TPSA) is 87.7 Å². The van der Waals surface area contributed by atoms with Crippen LogP contribution in [0.25, 0.3) is 10.7 Å². The van der Waals surface area contributed by atoms with Crippen molar-refractivity contribution in [1.29, 1.82) is 0 Å². The number of rotatable bonds is 5. The molecule has 1 amide bonds. The third kappa shape index (κ3) is 4.19. The fourth-order valence-electron chi connectivity index (χ4n) is 2.51. The molecule has 3 aromatic rings. The fourth-order valence-corrected chi connectivity index (χ4v) is 3.31. The Morgan fingerprint density at radius 2 is 2.16 bits per heavy atom. The highest BCUT2D eigenvalue weighted by atomic mass is 32.1. The monoisotopic (exact) mass is 354 g/mol.